The molecule has 0 saturated carbocycles. The van der Waals surface area contributed by atoms with Crippen LogP contribution in [-0.2, 0) is 6.18 Å². The monoisotopic (exact) mass is 285 g/mol. The maximum Gasteiger partial charge on any atom is 0.416 e. The average molecular weight is 285 g/mol. The Bertz CT molecular complexity index is 646. The van der Waals surface area contributed by atoms with E-state index in [1.807, 2.05) is 0 Å². The molecule has 9 heteroatoms. The molecule has 0 aliphatic carbocycles. The molecule has 104 valence electrons. The smallest absolute Gasteiger partial charge is 0.416 e. The number of hydrogen-bond acceptors (Lipinski definition) is 5. The number of aromatic nitrogens is 2. The quantitative estimate of drug-likeness (QED) is 0.639. The highest BCUT2D eigenvalue weighted by molar-refractivity contribution is 5.41. The van der Waals surface area contributed by atoms with E-state index in [0.29, 0.717) is 0 Å². The fraction of sp³-hybridized carbons (Fsp3) is 0.0909. The number of hydrogen-bond donors (Lipinski definition) is 0. The maximum atomic E-state index is 12.5. The maximum absolute atomic E-state index is 12.5. The van der Waals surface area contributed by atoms with E-state index < -0.39 is 28.2 Å². The summed E-state index contributed by atoms with van der Waals surface area (Å²) in [6.45, 7) is 0. The Morgan fingerprint density at radius 3 is 2.70 bits per heavy atom. The SMILES string of the molecule is O=[N+]([O-])c1cncnc1Oc1cccc(C(F)(F)F)c1. The minimum Gasteiger partial charge on any atom is -0.434 e. The van der Waals surface area contributed by atoms with E-state index >= 15 is 0 Å². The highest BCUT2D eigenvalue weighted by atomic mass is 19.4. The van der Waals surface area contributed by atoms with Crippen LogP contribution in [0.15, 0.2) is 36.8 Å². The fourth-order valence-corrected chi connectivity index (χ4v) is 1.36. The van der Waals surface area contributed by atoms with Crippen molar-refractivity contribution in [2.75, 3.05) is 0 Å². The van der Waals surface area contributed by atoms with E-state index in [2.05, 4.69) is 9.97 Å². The van der Waals surface area contributed by atoms with Gasteiger partial charge in [-0.1, -0.05) is 6.07 Å². The Morgan fingerprint density at radius 1 is 1.30 bits per heavy atom. The average Bonchev–Trinajstić information content (AvgIpc) is 2.38. The van der Waals surface area contributed by atoms with Gasteiger partial charge in [-0.2, -0.15) is 18.2 Å². The van der Waals surface area contributed by atoms with E-state index in [-0.39, 0.29) is 5.75 Å². The second-order valence-electron chi connectivity index (χ2n) is 3.60. The van der Waals surface area contributed by atoms with E-state index in [1.54, 1.807) is 0 Å². The summed E-state index contributed by atoms with van der Waals surface area (Å²) in [5.41, 5.74) is -1.46. The van der Waals surface area contributed by atoms with E-state index in [0.717, 1.165) is 30.7 Å². The third kappa shape index (κ3) is 2.99. The van der Waals surface area contributed by atoms with Crippen molar-refractivity contribution >= 4 is 5.69 Å². The second-order valence-corrected chi connectivity index (χ2v) is 3.60. The van der Waals surface area contributed by atoms with Crippen LogP contribution in [0.1, 0.15) is 5.56 Å². The van der Waals surface area contributed by atoms with Crippen LogP contribution in [0.2, 0.25) is 0 Å². The number of halogens is 3. The number of alkyl halides is 3. The number of nitro groups is 1. The van der Waals surface area contributed by atoms with Crippen LogP contribution >= 0.6 is 0 Å². The lowest BCUT2D eigenvalue weighted by Gasteiger charge is -2.09. The molecule has 2 rings (SSSR count). The molecule has 1 heterocycles. The molecular formula is C11H6F3N3O3. The van der Waals surface area contributed by atoms with Gasteiger partial charge in [0.2, 0.25) is 0 Å². The Balaban J connectivity index is 2.34. The molecule has 0 aliphatic rings. The first-order valence-electron chi connectivity index (χ1n) is 5.17. The molecule has 1 aromatic carbocycles. The van der Waals surface area contributed by atoms with Crippen molar-refractivity contribution in [1.82, 2.24) is 9.97 Å². The van der Waals surface area contributed by atoms with Crippen LogP contribution in [0.25, 0.3) is 0 Å². The number of rotatable bonds is 3. The molecule has 0 fully saturated rings. The lowest BCUT2D eigenvalue weighted by Crippen LogP contribution is -2.04. The third-order valence-corrected chi connectivity index (χ3v) is 2.23. The molecule has 0 amide bonds. The lowest BCUT2D eigenvalue weighted by atomic mass is 10.2. The van der Waals surface area contributed by atoms with Gasteiger partial charge in [-0.15, -0.1) is 0 Å². The van der Waals surface area contributed by atoms with E-state index in [4.69, 9.17) is 4.74 Å². The molecule has 6 nitrogen and oxygen atoms in total. The molecule has 0 bridgehead atoms. The first-order chi connectivity index (χ1) is 9.38. The Labute approximate surface area is 110 Å². The molecule has 0 N–H and O–H groups in total. The van der Waals surface area contributed by atoms with Gasteiger partial charge in [0, 0.05) is 0 Å². The van der Waals surface area contributed by atoms with Crippen molar-refractivity contribution in [1.29, 1.82) is 0 Å². The van der Waals surface area contributed by atoms with Crippen LogP contribution < -0.4 is 4.74 Å². The van der Waals surface area contributed by atoms with Gasteiger partial charge in [-0.05, 0) is 18.2 Å². The standard InChI is InChI=1S/C11H6F3N3O3/c12-11(13,14)7-2-1-3-8(4-7)20-10-9(17(18)19)5-15-6-16-10/h1-6H. The predicted octanol–water partition coefficient (Wildman–Crippen LogP) is 3.20. The van der Waals surface area contributed by atoms with Gasteiger partial charge in [0.15, 0.2) is 0 Å². The largest absolute Gasteiger partial charge is 0.434 e. The molecular weight excluding hydrogens is 279 g/mol. The van der Waals surface area contributed by atoms with Crippen molar-refractivity contribution in [2.24, 2.45) is 0 Å². The molecule has 0 unspecified atom stereocenters. The van der Waals surface area contributed by atoms with Crippen LogP contribution in [0.3, 0.4) is 0 Å². The van der Waals surface area contributed by atoms with Crippen molar-refractivity contribution in [3.63, 3.8) is 0 Å². The highest BCUT2D eigenvalue weighted by Gasteiger charge is 2.31. The zero-order valence-corrected chi connectivity index (χ0v) is 9.66. The number of nitrogens with zero attached hydrogens (tertiary/aromatic N) is 3. The number of ether oxygens (including phenoxy) is 1. The summed E-state index contributed by atoms with van der Waals surface area (Å²) in [6, 6.07) is 3.96. The van der Waals surface area contributed by atoms with Crippen LogP contribution in [0, 0.1) is 10.1 Å². The van der Waals surface area contributed by atoms with Crippen molar-refractivity contribution in [3.05, 3.63) is 52.5 Å². The summed E-state index contributed by atoms with van der Waals surface area (Å²) >= 11 is 0. The molecule has 0 atom stereocenters. The van der Waals surface area contributed by atoms with Gasteiger partial charge in [0.1, 0.15) is 18.3 Å². The van der Waals surface area contributed by atoms with E-state index in [1.165, 1.54) is 6.07 Å². The Hall–Kier alpha value is -2.71. The second kappa shape index (κ2) is 5.11. The highest BCUT2D eigenvalue weighted by Crippen LogP contribution is 2.33. The summed E-state index contributed by atoms with van der Waals surface area (Å²) < 4.78 is 42.6. The fourth-order valence-electron chi connectivity index (χ4n) is 1.36. The first kappa shape index (κ1) is 13.7. The van der Waals surface area contributed by atoms with Crippen LogP contribution in [0.5, 0.6) is 11.6 Å². The summed E-state index contributed by atoms with van der Waals surface area (Å²) in [5, 5.41) is 10.7. The molecule has 0 spiro atoms. The van der Waals surface area contributed by atoms with Gasteiger partial charge in [-0.3, -0.25) is 10.1 Å². The molecule has 2 aromatic rings. The lowest BCUT2D eigenvalue weighted by molar-refractivity contribution is -0.386. The van der Waals surface area contributed by atoms with E-state index in [9.17, 15) is 23.3 Å². The number of benzene rings is 1. The summed E-state index contributed by atoms with van der Waals surface area (Å²) in [6.07, 6.45) is -2.64. The molecule has 1 aromatic heterocycles. The molecule has 0 aliphatic heterocycles. The molecule has 20 heavy (non-hydrogen) atoms. The van der Waals surface area contributed by atoms with Gasteiger partial charge in [0.25, 0.3) is 0 Å². The third-order valence-electron chi connectivity index (χ3n) is 2.23. The van der Waals surface area contributed by atoms with Gasteiger partial charge >= 0.3 is 17.7 Å². The Morgan fingerprint density at radius 2 is 2.05 bits per heavy atom. The summed E-state index contributed by atoms with van der Waals surface area (Å²) in [5.74, 6) is -0.633. The summed E-state index contributed by atoms with van der Waals surface area (Å²) in [4.78, 5) is 16.9. The van der Waals surface area contributed by atoms with Gasteiger partial charge < -0.3 is 4.74 Å². The van der Waals surface area contributed by atoms with Crippen LogP contribution in [-0.4, -0.2) is 14.9 Å². The predicted molar refractivity (Wildman–Crippen MR) is 60.2 cm³/mol. The van der Waals surface area contributed by atoms with Crippen molar-refractivity contribution < 1.29 is 22.8 Å². The summed E-state index contributed by atoms with van der Waals surface area (Å²) in [7, 11) is 0. The van der Waals surface area contributed by atoms with Crippen molar-refractivity contribution in [2.45, 2.75) is 6.18 Å². The van der Waals surface area contributed by atoms with Crippen molar-refractivity contribution in [3.8, 4) is 11.6 Å². The topological polar surface area (TPSA) is 78.2 Å². The van der Waals surface area contributed by atoms with Gasteiger partial charge in [0.05, 0.1) is 10.5 Å². The molecule has 0 saturated heterocycles. The van der Waals surface area contributed by atoms with Crippen LogP contribution in [0.4, 0.5) is 18.9 Å². The minimum absolute atomic E-state index is 0.207. The minimum atomic E-state index is -4.53. The normalized spacial score (nSPS) is 11.2. The Kier molecular flexibility index (Phi) is 3.51. The molecule has 0 radical (unpaired) electrons. The zero-order valence-electron chi connectivity index (χ0n) is 9.66. The zero-order chi connectivity index (χ0) is 14.8. The first-order valence-corrected chi connectivity index (χ1v) is 5.17. The van der Waals surface area contributed by atoms with Gasteiger partial charge in [-0.25, -0.2) is 4.98 Å².